The Morgan fingerprint density at radius 1 is 1.38 bits per heavy atom. The molecule has 1 atom stereocenters. The predicted octanol–water partition coefficient (Wildman–Crippen LogP) is 2.98. The quantitative estimate of drug-likeness (QED) is 0.948. The minimum absolute atomic E-state index is 0.0262. The number of carbonyl (C=O) groups excluding carboxylic acids is 1. The molecular formula is C15H14FNO3S. The third-order valence-electron chi connectivity index (χ3n) is 3.73. The van der Waals surface area contributed by atoms with E-state index in [2.05, 4.69) is 0 Å². The maximum absolute atomic E-state index is 13.2. The monoisotopic (exact) mass is 307 g/mol. The molecule has 1 unspecified atom stereocenters. The van der Waals surface area contributed by atoms with Crippen LogP contribution in [0.5, 0.6) is 0 Å². The zero-order valence-electron chi connectivity index (χ0n) is 11.2. The van der Waals surface area contributed by atoms with Gasteiger partial charge in [-0.3, -0.25) is 9.59 Å². The number of likely N-dealkylation sites (tertiary alicyclic amines) is 1. The van der Waals surface area contributed by atoms with Crippen molar-refractivity contribution in [3.8, 4) is 0 Å². The molecule has 1 N–H and O–H groups in total. The highest BCUT2D eigenvalue weighted by Crippen LogP contribution is 2.29. The van der Waals surface area contributed by atoms with Gasteiger partial charge in [0.15, 0.2) is 0 Å². The first-order chi connectivity index (χ1) is 10.0. The predicted molar refractivity (Wildman–Crippen MR) is 78.0 cm³/mol. The largest absolute Gasteiger partial charge is 0.481 e. The van der Waals surface area contributed by atoms with Crippen LogP contribution in [0.3, 0.4) is 0 Å². The molecule has 1 amide bonds. The van der Waals surface area contributed by atoms with Crippen LogP contribution in [0, 0.1) is 11.7 Å². The molecule has 4 nitrogen and oxygen atoms in total. The lowest BCUT2D eigenvalue weighted by Crippen LogP contribution is -2.28. The van der Waals surface area contributed by atoms with E-state index >= 15 is 0 Å². The minimum atomic E-state index is -0.827. The van der Waals surface area contributed by atoms with Crippen LogP contribution in [0.4, 0.5) is 4.39 Å². The summed E-state index contributed by atoms with van der Waals surface area (Å²) >= 11 is 1.34. The summed E-state index contributed by atoms with van der Waals surface area (Å²) in [4.78, 5) is 25.4. The Hall–Kier alpha value is -1.95. The molecule has 0 spiro atoms. The van der Waals surface area contributed by atoms with E-state index in [9.17, 15) is 14.0 Å². The molecule has 1 saturated heterocycles. The highest BCUT2D eigenvalue weighted by molar-refractivity contribution is 7.20. The Kier molecular flexibility index (Phi) is 3.63. The van der Waals surface area contributed by atoms with E-state index in [1.807, 2.05) is 0 Å². The summed E-state index contributed by atoms with van der Waals surface area (Å²) in [6.07, 6.45) is 0.818. The van der Waals surface area contributed by atoms with Crippen LogP contribution in [-0.4, -0.2) is 35.0 Å². The van der Waals surface area contributed by atoms with E-state index in [0.717, 1.165) is 16.5 Å². The zero-order valence-corrected chi connectivity index (χ0v) is 12.0. The van der Waals surface area contributed by atoms with E-state index in [0.29, 0.717) is 18.0 Å². The fourth-order valence-electron chi connectivity index (χ4n) is 2.71. The number of carboxylic acid groups (broad SMARTS) is 1. The Balaban J connectivity index is 1.76. The summed E-state index contributed by atoms with van der Waals surface area (Å²) in [5.41, 5.74) is 0. The van der Waals surface area contributed by atoms with Crippen molar-refractivity contribution < 1.29 is 19.1 Å². The molecule has 0 radical (unpaired) electrons. The van der Waals surface area contributed by atoms with Crippen LogP contribution in [0.2, 0.25) is 0 Å². The molecule has 21 heavy (non-hydrogen) atoms. The molecular weight excluding hydrogens is 293 g/mol. The summed E-state index contributed by atoms with van der Waals surface area (Å²) in [5, 5.41) is 9.53. The second-order valence-corrected chi connectivity index (χ2v) is 6.38. The van der Waals surface area contributed by atoms with Gasteiger partial charge in [0.1, 0.15) is 5.82 Å². The van der Waals surface area contributed by atoms with Crippen molar-refractivity contribution in [1.82, 2.24) is 4.90 Å². The van der Waals surface area contributed by atoms with E-state index in [1.165, 1.54) is 23.5 Å². The molecule has 1 aliphatic heterocycles. The number of amides is 1. The molecule has 1 aliphatic rings. The van der Waals surface area contributed by atoms with Crippen molar-refractivity contribution in [1.29, 1.82) is 0 Å². The van der Waals surface area contributed by atoms with Gasteiger partial charge in [0.25, 0.3) is 5.91 Å². The number of carbonyl (C=O) groups is 2. The van der Waals surface area contributed by atoms with Gasteiger partial charge < -0.3 is 10.0 Å². The lowest BCUT2D eigenvalue weighted by molar-refractivity contribution is -0.138. The van der Waals surface area contributed by atoms with Crippen LogP contribution in [-0.2, 0) is 4.79 Å². The number of carboxylic acids is 1. The molecule has 3 rings (SSSR count). The molecule has 110 valence electrons. The minimum Gasteiger partial charge on any atom is -0.481 e. The maximum atomic E-state index is 13.2. The molecule has 0 aliphatic carbocycles. The number of halogens is 1. The summed E-state index contributed by atoms with van der Waals surface area (Å²) in [5.74, 6) is -1.21. The van der Waals surface area contributed by atoms with Gasteiger partial charge in [-0.05, 0) is 42.0 Å². The SMILES string of the molecule is O=C(O)CC1CCN(C(=O)c2cc3cc(F)ccc3s2)C1. The molecule has 1 aromatic carbocycles. The fourth-order valence-corrected chi connectivity index (χ4v) is 3.72. The van der Waals surface area contributed by atoms with E-state index < -0.39 is 5.97 Å². The number of thiophene rings is 1. The van der Waals surface area contributed by atoms with Gasteiger partial charge in [-0.25, -0.2) is 4.39 Å². The van der Waals surface area contributed by atoms with Crippen LogP contribution >= 0.6 is 11.3 Å². The Bertz CT molecular complexity index is 712. The first-order valence-corrected chi connectivity index (χ1v) is 7.55. The van der Waals surface area contributed by atoms with E-state index in [4.69, 9.17) is 5.11 Å². The number of hydrogen-bond acceptors (Lipinski definition) is 3. The lowest BCUT2D eigenvalue weighted by Gasteiger charge is -2.14. The molecule has 0 bridgehead atoms. The van der Waals surface area contributed by atoms with Crippen LogP contribution in [0.1, 0.15) is 22.5 Å². The summed E-state index contributed by atoms with van der Waals surface area (Å²) < 4.78 is 14.1. The van der Waals surface area contributed by atoms with Gasteiger partial charge in [-0.2, -0.15) is 0 Å². The lowest BCUT2D eigenvalue weighted by atomic mass is 10.1. The van der Waals surface area contributed by atoms with Gasteiger partial charge in [0.2, 0.25) is 0 Å². The van der Waals surface area contributed by atoms with Gasteiger partial charge in [-0.15, -0.1) is 11.3 Å². The van der Waals surface area contributed by atoms with Crippen LogP contribution in [0.25, 0.3) is 10.1 Å². The summed E-state index contributed by atoms with van der Waals surface area (Å²) in [7, 11) is 0. The average molecular weight is 307 g/mol. The zero-order chi connectivity index (χ0) is 15.0. The molecule has 6 heteroatoms. The normalized spacial score (nSPS) is 18.3. The van der Waals surface area contributed by atoms with Gasteiger partial charge in [-0.1, -0.05) is 0 Å². The van der Waals surface area contributed by atoms with Gasteiger partial charge >= 0.3 is 5.97 Å². The van der Waals surface area contributed by atoms with E-state index in [1.54, 1.807) is 17.0 Å². The number of aliphatic carboxylic acids is 1. The number of nitrogens with zero attached hydrogens (tertiary/aromatic N) is 1. The molecule has 2 aromatic rings. The van der Waals surface area contributed by atoms with Crippen molar-refractivity contribution in [2.24, 2.45) is 5.92 Å². The first kappa shape index (κ1) is 14.0. The molecule has 1 fully saturated rings. The first-order valence-electron chi connectivity index (χ1n) is 6.73. The van der Waals surface area contributed by atoms with E-state index in [-0.39, 0.29) is 24.1 Å². The highest BCUT2D eigenvalue weighted by atomic mass is 32.1. The molecule has 1 aromatic heterocycles. The van der Waals surface area contributed by atoms with Crippen molar-refractivity contribution in [3.63, 3.8) is 0 Å². The van der Waals surface area contributed by atoms with Crippen LogP contribution < -0.4 is 0 Å². The smallest absolute Gasteiger partial charge is 0.303 e. The summed E-state index contributed by atoms with van der Waals surface area (Å²) in [6, 6.07) is 6.17. The maximum Gasteiger partial charge on any atom is 0.303 e. The number of benzene rings is 1. The second-order valence-electron chi connectivity index (χ2n) is 5.30. The third kappa shape index (κ3) is 2.90. The standard InChI is InChI=1S/C15H14FNO3S/c16-11-1-2-12-10(6-11)7-13(21-12)15(20)17-4-3-9(8-17)5-14(18)19/h1-2,6-7,9H,3-5,8H2,(H,18,19). The Morgan fingerprint density at radius 3 is 2.95 bits per heavy atom. The topological polar surface area (TPSA) is 57.6 Å². The van der Waals surface area contributed by atoms with Crippen LogP contribution in [0.15, 0.2) is 24.3 Å². The fraction of sp³-hybridized carbons (Fsp3) is 0.333. The molecule has 2 heterocycles. The van der Waals surface area contributed by atoms with Crippen molar-refractivity contribution >= 4 is 33.3 Å². The highest BCUT2D eigenvalue weighted by Gasteiger charge is 2.29. The number of rotatable bonds is 3. The van der Waals surface area contributed by atoms with Gasteiger partial charge in [0, 0.05) is 24.2 Å². The number of hydrogen-bond donors (Lipinski definition) is 1. The van der Waals surface area contributed by atoms with Crippen molar-refractivity contribution in [2.45, 2.75) is 12.8 Å². The average Bonchev–Trinajstić information content (AvgIpc) is 3.03. The Labute approximate surface area is 124 Å². The van der Waals surface area contributed by atoms with Crippen molar-refractivity contribution in [2.75, 3.05) is 13.1 Å². The third-order valence-corrected chi connectivity index (χ3v) is 4.83. The summed E-state index contributed by atoms with van der Waals surface area (Å²) in [6.45, 7) is 1.06. The second kappa shape index (κ2) is 5.44. The molecule has 0 saturated carbocycles. The van der Waals surface area contributed by atoms with Crippen molar-refractivity contribution in [3.05, 3.63) is 35.0 Å². The van der Waals surface area contributed by atoms with Gasteiger partial charge in [0.05, 0.1) is 4.88 Å². The Morgan fingerprint density at radius 2 is 2.19 bits per heavy atom. The number of fused-ring (bicyclic) bond motifs is 1.